The summed E-state index contributed by atoms with van der Waals surface area (Å²) in [6.45, 7) is 0. The molecule has 0 aliphatic carbocycles. The monoisotopic (exact) mass is 477 g/mol. The van der Waals surface area contributed by atoms with Crippen LogP contribution in [0.3, 0.4) is 0 Å². The molecule has 0 atom stereocenters. The zero-order chi connectivity index (χ0) is 20.1. The molecule has 0 bridgehead atoms. The number of benzene rings is 4. The van der Waals surface area contributed by atoms with Gasteiger partial charge in [0.1, 0.15) is 0 Å². The van der Waals surface area contributed by atoms with Gasteiger partial charge in [0.25, 0.3) is 0 Å². The predicted octanol–water partition coefficient (Wildman–Crippen LogP) is 7.98. The van der Waals surface area contributed by atoms with E-state index in [1.807, 2.05) is 42.5 Å². The summed E-state index contributed by atoms with van der Waals surface area (Å²) in [6, 6.07) is 27.3. The van der Waals surface area contributed by atoms with Gasteiger partial charge in [0, 0.05) is 25.4 Å². The third-order valence-corrected chi connectivity index (χ3v) is 5.71. The van der Waals surface area contributed by atoms with Crippen molar-refractivity contribution in [1.29, 1.82) is 0 Å². The molecule has 0 N–H and O–H groups in total. The van der Waals surface area contributed by atoms with Crippen LogP contribution in [0.1, 0.15) is 2.74 Å². The summed E-state index contributed by atoms with van der Waals surface area (Å²) >= 11 is 6.98. The lowest BCUT2D eigenvalue weighted by atomic mass is 10.1. The van der Waals surface area contributed by atoms with E-state index in [0.29, 0.717) is 12.1 Å². The highest BCUT2D eigenvalue weighted by Gasteiger charge is 2.13. The zero-order valence-electron chi connectivity index (χ0n) is 16.2. The molecule has 27 heavy (non-hydrogen) atoms. The van der Waals surface area contributed by atoms with Gasteiger partial charge in [0.05, 0.1) is 13.8 Å². The minimum Gasteiger partial charge on any atom is -0.309 e. The molecule has 0 aliphatic rings. The topological polar surface area (TPSA) is 4.93 Å². The second kappa shape index (κ2) is 6.66. The predicted molar refractivity (Wildman–Crippen MR) is 122 cm³/mol. The number of halogens is 2. The molecule has 130 valence electrons. The van der Waals surface area contributed by atoms with Gasteiger partial charge in [0.15, 0.2) is 0 Å². The molecule has 0 saturated carbocycles. The average Bonchev–Trinajstić information content (AvgIpc) is 3.02. The van der Waals surface area contributed by atoms with Crippen molar-refractivity contribution in [3.05, 3.63) is 99.9 Å². The molecule has 3 heteroatoms. The van der Waals surface area contributed by atoms with Crippen molar-refractivity contribution in [1.82, 2.24) is 4.57 Å². The third-order valence-electron chi connectivity index (χ3n) is 4.79. The fraction of sp³-hybridized carbons (Fsp3) is 0. The van der Waals surface area contributed by atoms with E-state index >= 15 is 0 Å². The van der Waals surface area contributed by atoms with Crippen LogP contribution in [0.5, 0.6) is 0 Å². The first kappa shape index (κ1) is 14.7. The van der Waals surface area contributed by atoms with E-state index in [0.717, 1.165) is 42.0 Å². The summed E-state index contributed by atoms with van der Waals surface area (Å²) in [6.07, 6.45) is 0. The summed E-state index contributed by atoms with van der Waals surface area (Å²) in [7, 11) is 0. The van der Waals surface area contributed by atoms with Crippen molar-refractivity contribution in [2.75, 3.05) is 0 Å². The SMILES string of the molecule is [2H]c1cc2c(cc1Br)c1cc(Br)c([2H])cc1n2-c1ccc(-c2ccccc2)cc1. The molecule has 0 fully saturated rings. The Morgan fingerprint density at radius 2 is 1.15 bits per heavy atom. The van der Waals surface area contributed by atoms with Crippen LogP contribution >= 0.6 is 31.9 Å². The number of nitrogens with zero attached hydrogens (tertiary/aromatic N) is 1. The molecule has 5 rings (SSSR count). The van der Waals surface area contributed by atoms with Crippen LogP contribution in [0.4, 0.5) is 0 Å². The molecule has 0 amide bonds. The maximum Gasteiger partial charge on any atom is 0.0635 e. The minimum atomic E-state index is 0.438. The Morgan fingerprint density at radius 3 is 1.70 bits per heavy atom. The summed E-state index contributed by atoms with van der Waals surface area (Å²) in [5.41, 5.74) is 5.25. The van der Waals surface area contributed by atoms with Gasteiger partial charge in [-0.2, -0.15) is 0 Å². The van der Waals surface area contributed by atoms with Crippen molar-refractivity contribution >= 4 is 53.7 Å². The first-order chi connectivity index (χ1) is 14.0. The Balaban J connectivity index is 1.79. The number of aromatic nitrogens is 1. The normalized spacial score (nSPS) is 12.4. The molecule has 4 aromatic carbocycles. The molecule has 0 unspecified atom stereocenters. The lowest BCUT2D eigenvalue weighted by molar-refractivity contribution is 1.18. The Kier molecular flexibility index (Phi) is 3.62. The quantitative estimate of drug-likeness (QED) is 0.242. The number of rotatable bonds is 2. The van der Waals surface area contributed by atoms with Crippen LogP contribution in [0.2, 0.25) is 0 Å². The molecule has 0 radical (unpaired) electrons. The minimum absolute atomic E-state index is 0.438. The van der Waals surface area contributed by atoms with E-state index in [1.54, 1.807) is 0 Å². The fourth-order valence-corrected chi connectivity index (χ4v) is 4.24. The Bertz CT molecular complexity index is 1310. The van der Waals surface area contributed by atoms with Crippen LogP contribution in [-0.2, 0) is 0 Å². The average molecular weight is 479 g/mol. The fourth-order valence-electron chi connectivity index (χ4n) is 3.56. The summed E-state index contributed by atoms with van der Waals surface area (Å²) in [5.74, 6) is 0. The van der Waals surface area contributed by atoms with E-state index in [-0.39, 0.29) is 0 Å². The third kappa shape index (κ3) is 2.91. The van der Waals surface area contributed by atoms with Gasteiger partial charge in [-0.05, 0) is 59.6 Å². The van der Waals surface area contributed by atoms with Crippen molar-refractivity contribution < 1.29 is 2.74 Å². The van der Waals surface area contributed by atoms with Crippen LogP contribution in [-0.4, -0.2) is 4.57 Å². The Morgan fingerprint density at radius 1 is 0.630 bits per heavy atom. The van der Waals surface area contributed by atoms with E-state index < -0.39 is 0 Å². The van der Waals surface area contributed by atoms with E-state index in [1.165, 1.54) is 5.56 Å². The Hall–Kier alpha value is -2.36. The van der Waals surface area contributed by atoms with Gasteiger partial charge in [-0.1, -0.05) is 74.3 Å². The van der Waals surface area contributed by atoms with E-state index in [4.69, 9.17) is 2.74 Å². The van der Waals surface area contributed by atoms with Crippen molar-refractivity contribution in [3.63, 3.8) is 0 Å². The highest BCUT2D eigenvalue weighted by Crippen LogP contribution is 2.35. The molecule has 0 spiro atoms. The molecule has 5 aromatic rings. The molecule has 0 saturated heterocycles. The molecule has 1 aromatic heterocycles. The lowest BCUT2D eigenvalue weighted by Crippen LogP contribution is -1.93. The maximum atomic E-state index is 8.26. The number of fused-ring (bicyclic) bond motifs is 3. The summed E-state index contributed by atoms with van der Waals surface area (Å²) < 4.78 is 20.2. The summed E-state index contributed by atoms with van der Waals surface area (Å²) in [4.78, 5) is 0. The van der Waals surface area contributed by atoms with E-state index in [9.17, 15) is 0 Å². The smallest absolute Gasteiger partial charge is 0.0635 e. The van der Waals surface area contributed by atoms with Gasteiger partial charge in [-0.3, -0.25) is 0 Å². The maximum absolute atomic E-state index is 8.26. The molecule has 0 aliphatic heterocycles. The van der Waals surface area contributed by atoms with Gasteiger partial charge in [-0.15, -0.1) is 0 Å². The number of hydrogen-bond donors (Lipinski definition) is 0. The molecule has 1 nitrogen and oxygen atoms in total. The van der Waals surface area contributed by atoms with Gasteiger partial charge in [0.2, 0.25) is 0 Å². The molecular weight excluding hydrogens is 462 g/mol. The molecular formula is C24H15Br2N. The van der Waals surface area contributed by atoms with Gasteiger partial charge < -0.3 is 4.57 Å². The van der Waals surface area contributed by atoms with Crippen LogP contribution in [0.15, 0.2) is 99.9 Å². The van der Waals surface area contributed by atoms with Crippen molar-refractivity contribution in [3.8, 4) is 16.8 Å². The zero-order valence-corrected chi connectivity index (χ0v) is 17.4. The van der Waals surface area contributed by atoms with Gasteiger partial charge >= 0.3 is 0 Å². The largest absolute Gasteiger partial charge is 0.309 e. The second-order valence-corrected chi connectivity index (χ2v) is 8.12. The first-order valence-electron chi connectivity index (χ1n) is 9.59. The van der Waals surface area contributed by atoms with Crippen molar-refractivity contribution in [2.24, 2.45) is 0 Å². The van der Waals surface area contributed by atoms with E-state index in [2.05, 4.69) is 72.8 Å². The summed E-state index contributed by atoms with van der Waals surface area (Å²) in [5, 5.41) is 2.10. The number of hydrogen-bond acceptors (Lipinski definition) is 0. The van der Waals surface area contributed by atoms with Crippen molar-refractivity contribution in [2.45, 2.75) is 0 Å². The van der Waals surface area contributed by atoms with Gasteiger partial charge in [-0.25, -0.2) is 0 Å². The standard InChI is InChI=1S/C24H15Br2N/c25-18-8-12-23-21(14-18)22-15-19(26)9-13-24(22)27(23)20-10-6-17(7-11-20)16-4-2-1-3-5-16/h1-15H/i8D,9D. The lowest BCUT2D eigenvalue weighted by Gasteiger charge is -2.09. The molecule has 1 heterocycles. The van der Waals surface area contributed by atoms with Crippen LogP contribution in [0, 0.1) is 0 Å². The highest BCUT2D eigenvalue weighted by molar-refractivity contribution is 9.10. The Labute approximate surface area is 177 Å². The van der Waals surface area contributed by atoms with Crippen LogP contribution < -0.4 is 0 Å². The highest BCUT2D eigenvalue weighted by atomic mass is 79.9. The van der Waals surface area contributed by atoms with Crippen LogP contribution in [0.25, 0.3) is 38.6 Å². The second-order valence-electron chi connectivity index (χ2n) is 6.41. The first-order valence-corrected chi connectivity index (χ1v) is 10.2.